The average molecular weight is 593 g/mol. The highest BCUT2D eigenvalue weighted by Gasteiger charge is 2.35. The fraction of sp³-hybridized carbons (Fsp3) is 0.0769. The molecule has 198 valence electrons. The Bertz CT molecular complexity index is 1850. The average Bonchev–Trinajstić information content (AvgIpc) is 3.25. The normalized spacial score (nSPS) is 13.0. The van der Waals surface area contributed by atoms with Crippen molar-refractivity contribution >= 4 is 33.0 Å². The third-order valence-corrected chi connectivity index (χ3v) is 8.89. The third-order valence-electron chi connectivity index (χ3n) is 8.36. The third kappa shape index (κ3) is 4.49. The molecule has 6 aromatic carbocycles. The summed E-state index contributed by atoms with van der Waals surface area (Å²) in [6.45, 7) is 4.69. The van der Waals surface area contributed by atoms with Crippen LogP contribution in [0.2, 0.25) is 0 Å². The predicted octanol–water partition coefficient (Wildman–Crippen LogP) is 11.6. The first-order chi connectivity index (χ1) is 20.0. The molecule has 7 rings (SSSR count). The van der Waals surface area contributed by atoms with Crippen molar-refractivity contribution in [2.24, 2.45) is 0 Å². The molecule has 6 aromatic rings. The maximum Gasteiger partial charge on any atom is 0.0540 e. The monoisotopic (exact) mass is 591 g/mol. The maximum atomic E-state index is 3.56. The number of benzene rings is 6. The van der Waals surface area contributed by atoms with Crippen LogP contribution in [0.4, 0.5) is 17.1 Å². The lowest BCUT2D eigenvalue weighted by molar-refractivity contribution is 0.660. The van der Waals surface area contributed by atoms with Gasteiger partial charge in [-0.05, 0) is 81.4 Å². The first-order valence-corrected chi connectivity index (χ1v) is 14.8. The number of fused-ring (bicyclic) bond motifs is 3. The van der Waals surface area contributed by atoms with Crippen LogP contribution in [0.1, 0.15) is 25.0 Å². The van der Waals surface area contributed by atoms with Gasteiger partial charge in [-0.15, -0.1) is 0 Å². The van der Waals surface area contributed by atoms with Gasteiger partial charge < -0.3 is 4.90 Å². The molecule has 0 radical (unpaired) electrons. The maximum absolute atomic E-state index is 3.56. The number of nitrogens with zero attached hydrogens (tertiary/aromatic N) is 1. The molecule has 0 aromatic heterocycles. The summed E-state index contributed by atoms with van der Waals surface area (Å²) in [7, 11) is 0. The number of hydrogen-bond donors (Lipinski definition) is 0. The lowest BCUT2D eigenvalue weighted by Gasteiger charge is -2.30. The molecule has 1 aliphatic carbocycles. The quantitative estimate of drug-likeness (QED) is 0.193. The molecule has 1 nitrogen and oxygen atoms in total. The summed E-state index contributed by atoms with van der Waals surface area (Å²) in [5, 5.41) is 0. The van der Waals surface area contributed by atoms with Crippen molar-refractivity contribution < 1.29 is 0 Å². The van der Waals surface area contributed by atoms with Crippen molar-refractivity contribution in [2.45, 2.75) is 19.3 Å². The number of anilines is 3. The molecule has 0 N–H and O–H groups in total. The number of para-hydroxylation sites is 1. The molecule has 0 bridgehead atoms. The Morgan fingerprint density at radius 3 is 1.76 bits per heavy atom. The lowest BCUT2D eigenvalue weighted by Crippen LogP contribution is -2.16. The summed E-state index contributed by atoms with van der Waals surface area (Å²) in [5.74, 6) is 0. The molecule has 2 heteroatoms. The van der Waals surface area contributed by atoms with Crippen molar-refractivity contribution in [3.63, 3.8) is 0 Å². The Balaban J connectivity index is 1.40. The first kappa shape index (κ1) is 25.6. The molecule has 0 unspecified atom stereocenters. The Morgan fingerprint density at radius 2 is 1.02 bits per heavy atom. The lowest BCUT2D eigenvalue weighted by atomic mass is 9.82. The molecule has 0 fully saturated rings. The van der Waals surface area contributed by atoms with Gasteiger partial charge in [0, 0.05) is 26.8 Å². The Labute approximate surface area is 250 Å². The molecule has 0 amide bonds. The van der Waals surface area contributed by atoms with Crippen molar-refractivity contribution in [2.75, 3.05) is 4.90 Å². The summed E-state index contributed by atoms with van der Waals surface area (Å²) >= 11 is 3.56. The molecular formula is C39H30BrN. The number of hydrogen-bond acceptors (Lipinski definition) is 1. The number of halogens is 1. The minimum Gasteiger partial charge on any atom is -0.310 e. The largest absolute Gasteiger partial charge is 0.310 e. The van der Waals surface area contributed by atoms with Gasteiger partial charge >= 0.3 is 0 Å². The van der Waals surface area contributed by atoms with Crippen LogP contribution >= 0.6 is 15.9 Å². The predicted molar refractivity (Wildman–Crippen MR) is 177 cm³/mol. The number of rotatable bonds is 5. The van der Waals surface area contributed by atoms with Crippen LogP contribution in [-0.4, -0.2) is 0 Å². The van der Waals surface area contributed by atoms with Gasteiger partial charge in [0.1, 0.15) is 0 Å². The fourth-order valence-corrected chi connectivity index (χ4v) is 6.50. The second kappa shape index (κ2) is 10.2. The zero-order chi connectivity index (χ0) is 28.0. The van der Waals surface area contributed by atoms with E-state index in [1.807, 2.05) is 0 Å². The van der Waals surface area contributed by atoms with E-state index in [1.165, 1.54) is 44.5 Å². The Kier molecular flexibility index (Phi) is 6.37. The van der Waals surface area contributed by atoms with E-state index in [9.17, 15) is 0 Å². The van der Waals surface area contributed by atoms with Gasteiger partial charge in [0.2, 0.25) is 0 Å². The smallest absolute Gasteiger partial charge is 0.0540 e. The molecule has 0 spiro atoms. The SMILES string of the molecule is CC1(C)c2ccccc2-c2ccc(N(c3ccc(-c4ccc(Br)cc4)cc3)c3ccccc3-c3ccccc3)cc21. The second-order valence-electron chi connectivity index (χ2n) is 11.2. The summed E-state index contributed by atoms with van der Waals surface area (Å²) in [6, 6.07) is 52.7. The highest BCUT2D eigenvalue weighted by atomic mass is 79.9. The molecule has 1 aliphatic rings. The molecule has 41 heavy (non-hydrogen) atoms. The zero-order valence-corrected chi connectivity index (χ0v) is 24.8. The molecular weight excluding hydrogens is 562 g/mol. The molecule has 0 saturated carbocycles. The van der Waals surface area contributed by atoms with Gasteiger partial charge in [-0.3, -0.25) is 0 Å². The topological polar surface area (TPSA) is 3.24 Å². The Hall–Kier alpha value is -4.40. The van der Waals surface area contributed by atoms with Gasteiger partial charge in [-0.2, -0.15) is 0 Å². The minimum absolute atomic E-state index is 0.0714. The van der Waals surface area contributed by atoms with Gasteiger partial charge in [-0.25, -0.2) is 0 Å². The summed E-state index contributed by atoms with van der Waals surface area (Å²) < 4.78 is 1.09. The standard InChI is InChI=1S/C39H30BrN/c1-39(2)36-14-8-6-13-34(36)35-25-24-32(26-37(35)39)41(38-15-9-7-12-33(38)29-10-4-3-5-11-29)31-22-18-28(19-23-31)27-16-20-30(40)21-17-27/h3-26H,1-2H3. The molecule has 0 aliphatic heterocycles. The second-order valence-corrected chi connectivity index (χ2v) is 12.1. The highest BCUT2D eigenvalue weighted by Crippen LogP contribution is 2.51. The van der Waals surface area contributed by atoms with Crippen LogP contribution in [0, 0.1) is 0 Å². The van der Waals surface area contributed by atoms with Gasteiger partial charge in [0.05, 0.1) is 5.69 Å². The van der Waals surface area contributed by atoms with Gasteiger partial charge in [0.25, 0.3) is 0 Å². The molecule has 0 saturated heterocycles. The van der Waals surface area contributed by atoms with Crippen molar-refractivity contribution in [3.8, 4) is 33.4 Å². The van der Waals surface area contributed by atoms with E-state index in [4.69, 9.17) is 0 Å². The summed E-state index contributed by atoms with van der Waals surface area (Å²) in [6.07, 6.45) is 0. The zero-order valence-electron chi connectivity index (χ0n) is 23.2. The van der Waals surface area contributed by atoms with Crippen LogP contribution < -0.4 is 4.90 Å². The Morgan fingerprint density at radius 1 is 0.463 bits per heavy atom. The van der Waals surface area contributed by atoms with E-state index >= 15 is 0 Å². The van der Waals surface area contributed by atoms with E-state index in [0.29, 0.717) is 0 Å². The van der Waals surface area contributed by atoms with E-state index in [1.54, 1.807) is 0 Å². The van der Waals surface area contributed by atoms with Crippen LogP contribution in [0.15, 0.2) is 150 Å². The first-order valence-electron chi connectivity index (χ1n) is 14.1. The van der Waals surface area contributed by atoms with Crippen molar-refractivity contribution in [1.82, 2.24) is 0 Å². The minimum atomic E-state index is -0.0714. The van der Waals surface area contributed by atoms with Crippen molar-refractivity contribution in [1.29, 1.82) is 0 Å². The van der Waals surface area contributed by atoms with E-state index in [2.05, 4.69) is 180 Å². The fourth-order valence-electron chi connectivity index (χ4n) is 6.23. The van der Waals surface area contributed by atoms with Gasteiger partial charge in [0.15, 0.2) is 0 Å². The van der Waals surface area contributed by atoms with Crippen LogP contribution in [0.3, 0.4) is 0 Å². The van der Waals surface area contributed by atoms with Crippen LogP contribution in [0.25, 0.3) is 33.4 Å². The van der Waals surface area contributed by atoms with Gasteiger partial charge in [-0.1, -0.05) is 133 Å². The summed E-state index contributed by atoms with van der Waals surface area (Å²) in [4.78, 5) is 2.41. The molecule has 0 heterocycles. The highest BCUT2D eigenvalue weighted by molar-refractivity contribution is 9.10. The molecule has 0 atom stereocenters. The van der Waals surface area contributed by atoms with E-state index < -0.39 is 0 Å². The van der Waals surface area contributed by atoms with E-state index in [-0.39, 0.29) is 5.41 Å². The van der Waals surface area contributed by atoms with Crippen LogP contribution in [0.5, 0.6) is 0 Å². The van der Waals surface area contributed by atoms with E-state index in [0.717, 1.165) is 21.5 Å². The van der Waals surface area contributed by atoms with Crippen LogP contribution in [-0.2, 0) is 5.41 Å². The van der Waals surface area contributed by atoms with Crippen molar-refractivity contribution in [3.05, 3.63) is 161 Å². The summed E-state index contributed by atoms with van der Waals surface area (Å²) in [5.41, 5.74) is 13.6.